The number of nitrogens with one attached hydrogen (secondary N) is 1. The minimum absolute atomic E-state index is 0.115. The van der Waals surface area contributed by atoms with E-state index in [1.54, 1.807) is 27.8 Å². The Hall–Kier alpha value is -1.60. The number of likely N-dealkylation sites (N-methyl/N-ethyl adjacent to an activating group) is 1. The lowest BCUT2D eigenvalue weighted by molar-refractivity contribution is 0.0302. The third kappa shape index (κ3) is 5.71. The highest BCUT2D eigenvalue weighted by Gasteiger charge is 2.23. The molecule has 0 bridgehead atoms. The fourth-order valence-corrected chi connectivity index (χ4v) is 4.07. The smallest absolute Gasteiger partial charge is 0.410 e. The Bertz CT molecular complexity index is 723. The van der Waals surface area contributed by atoms with Crippen LogP contribution < -0.4 is 4.72 Å². The van der Waals surface area contributed by atoms with E-state index in [0.29, 0.717) is 4.90 Å². The van der Waals surface area contributed by atoms with E-state index in [-0.39, 0.29) is 13.1 Å². The molecule has 0 unspecified atom stereocenters. The number of hydrogen-bond acceptors (Lipinski definition) is 4. The van der Waals surface area contributed by atoms with Crippen molar-refractivity contribution < 1.29 is 17.9 Å². The molecule has 0 aliphatic rings. The van der Waals surface area contributed by atoms with Crippen LogP contribution in [0, 0.1) is 27.7 Å². The molecule has 0 saturated carbocycles. The van der Waals surface area contributed by atoms with Gasteiger partial charge in [-0.25, -0.2) is 17.9 Å². The Balaban J connectivity index is 2.83. The molecule has 0 aliphatic heterocycles. The normalized spacial score (nSPS) is 12.2. The van der Waals surface area contributed by atoms with Crippen LogP contribution in [-0.4, -0.2) is 45.1 Å². The maximum atomic E-state index is 12.7. The van der Waals surface area contributed by atoms with Crippen molar-refractivity contribution in [1.29, 1.82) is 0 Å². The van der Waals surface area contributed by atoms with E-state index in [4.69, 9.17) is 4.74 Å². The number of hydrogen-bond donors (Lipinski definition) is 1. The Morgan fingerprint density at radius 3 is 2.04 bits per heavy atom. The van der Waals surface area contributed by atoms with Crippen LogP contribution in [0.25, 0.3) is 0 Å². The second-order valence-electron chi connectivity index (χ2n) is 7.39. The van der Waals surface area contributed by atoms with E-state index in [9.17, 15) is 13.2 Å². The number of ether oxygens (including phenoxy) is 1. The monoisotopic (exact) mass is 370 g/mol. The summed E-state index contributed by atoms with van der Waals surface area (Å²) in [5, 5.41) is 0. The summed E-state index contributed by atoms with van der Waals surface area (Å²) >= 11 is 0. The molecule has 0 aromatic heterocycles. The van der Waals surface area contributed by atoms with Crippen molar-refractivity contribution in [3.8, 4) is 0 Å². The van der Waals surface area contributed by atoms with Gasteiger partial charge in [0.05, 0.1) is 4.90 Å². The van der Waals surface area contributed by atoms with Crippen molar-refractivity contribution in [2.24, 2.45) is 0 Å². The van der Waals surface area contributed by atoms with E-state index in [1.165, 1.54) is 4.90 Å². The van der Waals surface area contributed by atoms with Crippen molar-refractivity contribution in [2.75, 3.05) is 20.1 Å². The lowest BCUT2D eigenvalue weighted by Crippen LogP contribution is -2.39. The number of sulfonamides is 1. The van der Waals surface area contributed by atoms with Crippen LogP contribution in [0.5, 0.6) is 0 Å². The van der Waals surface area contributed by atoms with Gasteiger partial charge in [0.25, 0.3) is 0 Å². The average molecular weight is 371 g/mol. The van der Waals surface area contributed by atoms with E-state index in [0.717, 1.165) is 22.3 Å². The minimum Gasteiger partial charge on any atom is -0.444 e. The van der Waals surface area contributed by atoms with Gasteiger partial charge in [-0.05, 0) is 70.7 Å². The van der Waals surface area contributed by atoms with Crippen molar-refractivity contribution >= 4 is 16.1 Å². The standard InChI is InChI=1S/C18H30N2O4S/c1-12-11-13(2)15(4)16(14(12)3)25(22,23)19-9-10-20(8)17(21)24-18(5,6)7/h11,19H,9-10H2,1-8H3. The van der Waals surface area contributed by atoms with Crippen molar-refractivity contribution in [1.82, 2.24) is 9.62 Å². The Kier molecular flexibility index (Phi) is 6.64. The maximum absolute atomic E-state index is 12.7. The molecule has 142 valence electrons. The summed E-state index contributed by atoms with van der Waals surface area (Å²) in [5.74, 6) is 0. The van der Waals surface area contributed by atoms with E-state index < -0.39 is 21.7 Å². The first-order chi connectivity index (χ1) is 11.3. The van der Waals surface area contributed by atoms with E-state index in [2.05, 4.69) is 4.72 Å². The molecule has 0 radical (unpaired) electrons. The van der Waals surface area contributed by atoms with Gasteiger partial charge in [-0.15, -0.1) is 0 Å². The van der Waals surface area contributed by atoms with Crippen molar-refractivity contribution in [3.63, 3.8) is 0 Å². The highest BCUT2D eigenvalue weighted by molar-refractivity contribution is 7.89. The molecular weight excluding hydrogens is 340 g/mol. The minimum atomic E-state index is -3.65. The number of nitrogens with zero attached hydrogens (tertiary/aromatic N) is 1. The molecule has 0 fully saturated rings. The van der Waals surface area contributed by atoms with Crippen LogP contribution in [0.15, 0.2) is 11.0 Å². The van der Waals surface area contributed by atoms with Gasteiger partial charge in [-0.2, -0.15) is 0 Å². The van der Waals surface area contributed by atoms with Gasteiger partial charge in [0.2, 0.25) is 10.0 Å². The second-order valence-corrected chi connectivity index (χ2v) is 9.09. The molecule has 1 aromatic rings. The third-order valence-corrected chi connectivity index (χ3v) is 5.74. The zero-order chi connectivity index (χ0) is 19.6. The zero-order valence-electron chi connectivity index (χ0n) is 16.5. The van der Waals surface area contributed by atoms with Gasteiger partial charge in [-0.1, -0.05) is 6.07 Å². The lowest BCUT2D eigenvalue weighted by atomic mass is 10.0. The number of carbonyl (C=O) groups excluding carboxylic acids is 1. The van der Waals surface area contributed by atoms with E-state index in [1.807, 2.05) is 33.8 Å². The molecule has 0 spiro atoms. The van der Waals surface area contributed by atoms with Crippen LogP contribution in [0.1, 0.15) is 43.0 Å². The Labute approximate surface area is 151 Å². The molecule has 1 aromatic carbocycles. The van der Waals surface area contributed by atoms with Crippen LogP contribution in [0.2, 0.25) is 0 Å². The van der Waals surface area contributed by atoms with Crippen molar-refractivity contribution in [3.05, 3.63) is 28.3 Å². The van der Waals surface area contributed by atoms with Gasteiger partial charge in [0.15, 0.2) is 0 Å². The second kappa shape index (κ2) is 7.74. The van der Waals surface area contributed by atoms with Gasteiger partial charge in [0, 0.05) is 20.1 Å². The third-order valence-electron chi connectivity index (χ3n) is 4.01. The Morgan fingerprint density at radius 2 is 1.60 bits per heavy atom. The SMILES string of the molecule is Cc1cc(C)c(C)c(S(=O)(=O)NCCN(C)C(=O)OC(C)(C)C)c1C. The van der Waals surface area contributed by atoms with Crippen LogP contribution >= 0.6 is 0 Å². The molecule has 1 N–H and O–H groups in total. The molecule has 1 rings (SSSR count). The number of carbonyl (C=O) groups is 1. The Morgan fingerprint density at radius 1 is 1.12 bits per heavy atom. The molecule has 0 heterocycles. The van der Waals surface area contributed by atoms with Crippen LogP contribution in [-0.2, 0) is 14.8 Å². The summed E-state index contributed by atoms with van der Waals surface area (Å²) in [6.07, 6.45) is -0.481. The fraction of sp³-hybridized carbons (Fsp3) is 0.611. The topological polar surface area (TPSA) is 75.7 Å². The summed E-state index contributed by atoms with van der Waals surface area (Å²) in [7, 11) is -2.07. The highest BCUT2D eigenvalue weighted by Crippen LogP contribution is 2.25. The predicted octanol–water partition coefficient (Wildman–Crippen LogP) is 3.07. The number of rotatable bonds is 5. The first-order valence-electron chi connectivity index (χ1n) is 8.27. The van der Waals surface area contributed by atoms with Gasteiger partial charge in [-0.3, -0.25) is 0 Å². The molecule has 0 saturated heterocycles. The zero-order valence-corrected chi connectivity index (χ0v) is 17.3. The quantitative estimate of drug-likeness (QED) is 0.864. The lowest BCUT2D eigenvalue weighted by Gasteiger charge is -2.24. The van der Waals surface area contributed by atoms with E-state index >= 15 is 0 Å². The summed E-state index contributed by atoms with van der Waals surface area (Å²) in [6, 6.07) is 1.99. The molecular formula is C18H30N2O4S. The largest absolute Gasteiger partial charge is 0.444 e. The molecule has 1 amide bonds. The van der Waals surface area contributed by atoms with Gasteiger partial charge >= 0.3 is 6.09 Å². The molecule has 7 heteroatoms. The molecule has 25 heavy (non-hydrogen) atoms. The first-order valence-corrected chi connectivity index (χ1v) is 9.76. The molecule has 0 aliphatic carbocycles. The fourth-order valence-electron chi connectivity index (χ4n) is 2.43. The molecule has 0 atom stereocenters. The maximum Gasteiger partial charge on any atom is 0.410 e. The molecule has 6 nitrogen and oxygen atoms in total. The average Bonchev–Trinajstić information content (AvgIpc) is 2.43. The van der Waals surface area contributed by atoms with Crippen molar-refractivity contribution in [2.45, 2.75) is 59.0 Å². The number of amides is 1. The van der Waals surface area contributed by atoms with Gasteiger partial charge in [0.1, 0.15) is 5.60 Å². The summed E-state index contributed by atoms with van der Waals surface area (Å²) < 4.78 is 33.3. The number of aryl methyl sites for hydroxylation is 2. The first kappa shape index (κ1) is 21.4. The van der Waals surface area contributed by atoms with Crippen LogP contribution in [0.4, 0.5) is 4.79 Å². The predicted molar refractivity (Wildman–Crippen MR) is 99.4 cm³/mol. The summed E-state index contributed by atoms with van der Waals surface area (Å²) in [4.78, 5) is 13.6. The number of benzene rings is 1. The highest BCUT2D eigenvalue weighted by atomic mass is 32.2. The summed E-state index contributed by atoms with van der Waals surface area (Å²) in [5.41, 5.74) is 2.79. The summed E-state index contributed by atoms with van der Waals surface area (Å²) in [6.45, 7) is 13.1. The van der Waals surface area contributed by atoms with Crippen LogP contribution in [0.3, 0.4) is 0 Å². The van der Waals surface area contributed by atoms with Gasteiger partial charge < -0.3 is 9.64 Å².